The number of halogens is 1. The fourth-order valence-electron chi connectivity index (χ4n) is 2.58. The largest absolute Gasteiger partial charge is 0.399 e. The first-order valence-electron chi connectivity index (χ1n) is 6.92. The van der Waals surface area contributed by atoms with Crippen molar-refractivity contribution in [1.82, 2.24) is 4.72 Å². The molecule has 3 N–H and O–H groups in total. The normalized spacial score (nSPS) is 23.7. The number of hydrogen-bond donors (Lipinski definition) is 2. The van der Waals surface area contributed by atoms with Crippen LogP contribution in [0.3, 0.4) is 0 Å². The summed E-state index contributed by atoms with van der Waals surface area (Å²) >= 11 is 0. The van der Waals surface area contributed by atoms with Crippen molar-refractivity contribution in [2.45, 2.75) is 37.5 Å². The second kappa shape index (κ2) is 6.10. The van der Waals surface area contributed by atoms with Crippen LogP contribution in [0.25, 0.3) is 0 Å². The maximum absolute atomic E-state index is 13.2. The van der Waals surface area contributed by atoms with Crippen LogP contribution < -0.4 is 10.5 Å². The van der Waals surface area contributed by atoms with Gasteiger partial charge in [0.25, 0.3) is 0 Å². The molecular weight excluding hydrogens is 279 g/mol. The Kier molecular flexibility index (Phi) is 4.65. The number of nitrogen functional groups attached to an aromatic ring is 1. The highest BCUT2D eigenvalue weighted by Gasteiger charge is 2.21. The zero-order chi connectivity index (χ0) is 14.8. The summed E-state index contributed by atoms with van der Waals surface area (Å²) < 4.78 is 40.0. The molecule has 0 spiro atoms. The molecule has 4 nitrogen and oxygen atoms in total. The Hall–Kier alpha value is -1.14. The number of benzene rings is 1. The summed E-state index contributed by atoms with van der Waals surface area (Å²) in [5, 5.41) is 0. The van der Waals surface area contributed by atoms with E-state index in [1.165, 1.54) is 6.07 Å². The number of nitrogens with two attached hydrogens (primary N) is 1. The maximum atomic E-state index is 13.2. The van der Waals surface area contributed by atoms with Crippen LogP contribution in [0.2, 0.25) is 0 Å². The zero-order valence-corrected chi connectivity index (χ0v) is 12.4. The van der Waals surface area contributed by atoms with Crippen molar-refractivity contribution in [3.05, 3.63) is 24.0 Å². The minimum Gasteiger partial charge on any atom is -0.399 e. The molecule has 0 saturated heterocycles. The lowest BCUT2D eigenvalue weighted by atomic mass is 9.83. The summed E-state index contributed by atoms with van der Waals surface area (Å²) in [7, 11) is -3.69. The second-order valence-corrected chi connectivity index (χ2v) is 7.47. The summed E-state index contributed by atoms with van der Waals surface area (Å²) in [5.41, 5.74) is 5.59. The molecule has 1 aromatic rings. The molecule has 1 saturated carbocycles. The fraction of sp³-hybridized carbons (Fsp3) is 0.571. The van der Waals surface area contributed by atoms with Gasteiger partial charge in [-0.25, -0.2) is 17.5 Å². The van der Waals surface area contributed by atoms with Gasteiger partial charge in [-0.1, -0.05) is 19.8 Å². The van der Waals surface area contributed by atoms with Crippen molar-refractivity contribution in [2.75, 3.05) is 12.3 Å². The topological polar surface area (TPSA) is 72.2 Å². The molecule has 2 rings (SSSR count). The Morgan fingerprint density at radius 3 is 2.50 bits per heavy atom. The lowest BCUT2D eigenvalue weighted by Gasteiger charge is -2.26. The molecule has 0 unspecified atom stereocenters. The van der Waals surface area contributed by atoms with E-state index in [0.29, 0.717) is 12.5 Å². The van der Waals surface area contributed by atoms with Crippen molar-refractivity contribution in [2.24, 2.45) is 11.8 Å². The highest BCUT2D eigenvalue weighted by molar-refractivity contribution is 7.89. The van der Waals surface area contributed by atoms with E-state index in [0.717, 1.165) is 43.7 Å². The molecule has 1 aliphatic rings. The first-order chi connectivity index (χ1) is 9.37. The van der Waals surface area contributed by atoms with E-state index in [-0.39, 0.29) is 10.6 Å². The molecule has 1 fully saturated rings. The first kappa shape index (κ1) is 15.3. The van der Waals surface area contributed by atoms with E-state index < -0.39 is 15.8 Å². The van der Waals surface area contributed by atoms with Gasteiger partial charge in [0, 0.05) is 12.2 Å². The Morgan fingerprint density at radius 2 is 1.90 bits per heavy atom. The average molecular weight is 300 g/mol. The van der Waals surface area contributed by atoms with Gasteiger partial charge in [0.05, 0.1) is 4.90 Å². The zero-order valence-electron chi connectivity index (χ0n) is 11.6. The molecule has 0 amide bonds. The predicted molar refractivity (Wildman–Crippen MR) is 77.1 cm³/mol. The summed E-state index contributed by atoms with van der Waals surface area (Å²) in [6.45, 7) is 2.63. The summed E-state index contributed by atoms with van der Waals surface area (Å²) in [4.78, 5) is -0.112. The van der Waals surface area contributed by atoms with Crippen molar-refractivity contribution < 1.29 is 12.8 Å². The van der Waals surface area contributed by atoms with Crippen LogP contribution in [0.4, 0.5) is 10.1 Å². The van der Waals surface area contributed by atoms with E-state index in [9.17, 15) is 12.8 Å². The molecule has 0 bridgehead atoms. The third-order valence-corrected chi connectivity index (χ3v) is 5.30. The SMILES string of the molecule is CC1CCC(CNS(=O)(=O)c2cc(N)cc(F)c2)CC1. The molecule has 0 atom stereocenters. The molecule has 0 heterocycles. The monoisotopic (exact) mass is 300 g/mol. The number of anilines is 1. The van der Waals surface area contributed by atoms with Crippen molar-refractivity contribution in [1.29, 1.82) is 0 Å². The van der Waals surface area contributed by atoms with Gasteiger partial charge in [-0.05, 0) is 42.9 Å². The number of sulfonamides is 1. The maximum Gasteiger partial charge on any atom is 0.240 e. The van der Waals surface area contributed by atoms with Gasteiger partial charge in [-0.15, -0.1) is 0 Å². The Labute approximate surface area is 119 Å². The smallest absolute Gasteiger partial charge is 0.240 e. The minimum absolute atomic E-state index is 0.108. The highest BCUT2D eigenvalue weighted by atomic mass is 32.2. The number of nitrogens with one attached hydrogen (secondary N) is 1. The molecule has 1 aliphatic carbocycles. The lowest BCUT2D eigenvalue weighted by molar-refractivity contribution is 0.290. The summed E-state index contributed by atoms with van der Waals surface area (Å²) in [6, 6.07) is 3.36. The molecule has 6 heteroatoms. The van der Waals surface area contributed by atoms with Crippen LogP contribution >= 0.6 is 0 Å². The van der Waals surface area contributed by atoms with Crippen molar-refractivity contribution in [3.8, 4) is 0 Å². The van der Waals surface area contributed by atoms with Gasteiger partial charge in [0.2, 0.25) is 10.0 Å². The predicted octanol–water partition coefficient (Wildman–Crippen LogP) is 2.51. The molecule has 112 valence electrons. The molecular formula is C14H21FN2O2S. The lowest BCUT2D eigenvalue weighted by Crippen LogP contribution is -2.31. The van der Waals surface area contributed by atoms with Crippen LogP contribution in [-0.4, -0.2) is 15.0 Å². The third kappa shape index (κ3) is 3.93. The van der Waals surface area contributed by atoms with E-state index in [1.54, 1.807) is 0 Å². The Morgan fingerprint density at radius 1 is 1.25 bits per heavy atom. The van der Waals surface area contributed by atoms with E-state index in [4.69, 9.17) is 5.73 Å². The van der Waals surface area contributed by atoms with Gasteiger partial charge in [0.1, 0.15) is 5.82 Å². The first-order valence-corrected chi connectivity index (χ1v) is 8.41. The fourth-order valence-corrected chi connectivity index (χ4v) is 3.76. The third-order valence-electron chi connectivity index (χ3n) is 3.90. The van der Waals surface area contributed by atoms with Gasteiger partial charge in [0.15, 0.2) is 0 Å². The molecule has 0 radical (unpaired) electrons. The number of rotatable bonds is 4. The summed E-state index contributed by atoms with van der Waals surface area (Å²) in [5.74, 6) is 0.453. The molecule has 20 heavy (non-hydrogen) atoms. The number of hydrogen-bond acceptors (Lipinski definition) is 3. The van der Waals surface area contributed by atoms with E-state index >= 15 is 0 Å². The second-order valence-electron chi connectivity index (χ2n) is 5.70. The van der Waals surface area contributed by atoms with Crippen LogP contribution in [-0.2, 0) is 10.0 Å². The molecule has 0 aliphatic heterocycles. The quantitative estimate of drug-likeness (QED) is 0.839. The van der Waals surface area contributed by atoms with Crippen LogP contribution in [0, 0.1) is 17.7 Å². The van der Waals surface area contributed by atoms with Crippen LogP contribution in [0.15, 0.2) is 23.1 Å². The Bertz CT molecular complexity index is 546. The molecule has 1 aromatic carbocycles. The van der Waals surface area contributed by atoms with Gasteiger partial charge >= 0.3 is 0 Å². The van der Waals surface area contributed by atoms with Crippen molar-refractivity contribution >= 4 is 15.7 Å². The summed E-state index contributed by atoms with van der Waals surface area (Å²) in [6.07, 6.45) is 4.35. The minimum atomic E-state index is -3.69. The highest BCUT2D eigenvalue weighted by Crippen LogP contribution is 2.28. The van der Waals surface area contributed by atoms with Crippen molar-refractivity contribution in [3.63, 3.8) is 0 Å². The Balaban J connectivity index is 2.00. The van der Waals surface area contributed by atoms with Gasteiger partial charge in [-0.3, -0.25) is 0 Å². The molecule has 0 aromatic heterocycles. The van der Waals surface area contributed by atoms with Gasteiger partial charge < -0.3 is 5.73 Å². The van der Waals surface area contributed by atoms with Gasteiger partial charge in [-0.2, -0.15) is 0 Å². The van der Waals surface area contributed by atoms with E-state index in [2.05, 4.69) is 11.6 Å². The average Bonchev–Trinajstić information content (AvgIpc) is 2.37. The van der Waals surface area contributed by atoms with Crippen LogP contribution in [0.1, 0.15) is 32.6 Å². The van der Waals surface area contributed by atoms with Crippen LogP contribution in [0.5, 0.6) is 0 Å². The standard InChI is InChI=1S/C14H21FN2O2S/c1-10-2-4-11(5-3-10)9-17-20(18,19)14-7-12(15)6-13(16)8-14/h6-8,10-11,17H,2-5,9,16H2,1H3. The van der Waals surface area contributed by atoms with E-state index in [1.807, 2.05) is 0 Å².